The van der Waals surface area contributed by atoms with Crippen LogP contribution >= 0.6 is 22.9 Å². The van der Waals surface area contributed by atoms with Crippen LogP contribution in [0.4, 0.5) is 0 Å². The molecule has 0 spiro atoms. The third kappa shape index (κ3) is 4.17. The molecule has 0 amide bonds. The van der Waals surface area contributed by atoms with E-state index in [1.165, 1.54) is 17.4 Å². The highest BCUT2D eigenvalue weighted by molar-refractivity contribution is 7.07. The van der Waals surface area contributed by atoms with Crippen molar-refractivity contribution in [2.24, 2.45) is 4.99 Å². The molecule has 3 aromatic rings. The Balaban J connectivity index is 1.93. The van der Waals surface area contributed by atoms with Crippen LogP contribution in [0.1, 0.15) is 24.1 Å². The van der Waals surface area contributed by atoms with Gasteiger partial charge < -0.3 is 4.74 Å². The van der Waals surface area contributed by atoms with Gasteiger partial charge in [0.15, 0.2) is 4.80 Å². The van der Waals surface area contributed by atoms with E-state index in [1.54, 1.807) is 29.7 Å². The minimum atomic E-state index is -0.628. The minimum absolute atomic E-state index is 0.0797. The van der Waals surface area contributed by atoms with Crippen molar-refractivity contribution in [3.8, 4) is 0 Å². The lowest BCUT2D eigenvalue weighted by atomic mass is 9.96. The van der Waals surface area contributed by atoms with E-state index in [0.29, 0.717) is 25.6 Å². The highest BCUT2D eigenvalue weighted by Gasteiger charge is 2.33. The van der Waals surface area contributed by atoms with E-state index in [4.69, 9.17) is 16.3 Å². The van der Waals surface area contributed by atoms with Crippen molar-refractivity contribution in [3.63, 3.8) is 0 Å². The summed E-state index contributed by atoms with van der Waals surface area (Å²) in [5.41, 5.74) is 2.26. The second-order valence-corrected chi connectivity index (χ2v) is 8.38. The minimum Gasteiger partial charge on any atom is -0.458 e. The number of esters is 1. The van der Waals surface area contributed by atoms with Gasteiger partial charge in [-0.3, -0.25) is 9.36 Å². The van der Waals surface area contributed by atoms with Crippen molar-refractivity contribution in [1.29, 1.82) is 0 Å². The lowest BCUT2D eigenvalue weighted by Crippen LogP contribution is -2.39. The first-order chi connectivity index (χ1) is 15.0. The Morgan fingerprint density at radius 3 is 2.74 bits per heavy atom. The van der Waals surface area contributed by atoms with Gasteiger partial charge in [-0.1, -0.05) is 78.1 Å². The predicted octanol–water partition coefficient (Wildman–Crippen LogP) is 3.62. The Labute approximate surface area is 187 Å². The quantitative estimate of drug-likeness (QED) is 0.440. The molecule has 2 aromatic carbocycles. The number of halogens is 1. The SMILES string of the molecule is C=CCOC(=O)C1=C(C)N=c2s/c(=C/c3cccc(Cl)c3)c(=O)n2[C@H]1c1ccccc1. The molecule has 0 fully saturated rings. The van der Waals surface area contributed by atoms with Crippen LogP contribution in [-0.2, 0) is 9.53 Å². The van der Waals surface area contributed by atoms with Crippen molar-refractivity contribution < 1.29 is 9.53 Å². The normalized spacial score (nSPS) is 15.9. The van der Waals surface area contributed by atoms with Gasteiger partial charge in [0.05, 0.1) is 21.8 Å². The summed E-state index contributed by atoms with van der Waals surface area (Å²) < 4.78 is 7.39. The Kier molecular flexibility index (Phi) is 6.02. The number of hydrogen-bond acceptors (Lipinski definition) is 5. The number of rotatable bonds is 5. The summed E-state index contributed by atoms with van der Waals surface area (Å²) >= 11 is 7.37. The Morgan fingerprint density at radius 1 is 1.26 bits per heavy atom. The number of nitrogens with zero attached hydrogens (tertiary/aromatic N) is 2. The van der Waals surface area contributed by atoms with Gasteiger partial charge in [0, 0.05) is 5.02 Å². The molecule has 0 unspecified atom stereocenters. The first-order valence-corrected chi connectivity index (χ1v) is 10.8. The molecule has 0 saturated heterocycles. The van der Waals surface area contributed by atoms with E-state index in [1.807, 2.05) is 42.5 Å². The molecule has 0 radical (unpaired) electrons. The van der Waals surface area contributed by atoms with E-state index >= 15 is 0 Å². The summed E-state index contributed by atoms with van der Waals surface area (Å²) in [6.45, 7) is 5.43. The van der Waals surface area contributed by atoms with Gasteiger partial charge in [0.1, 0.15) is 6.61 Å². The monoisotopic (exact) mass is 450 g/mol. The number of aromatic nitrogens is 1. The topological polar surface area (TPSA) is 60.7 Å². The molecule has 31 heavy (non-hydrogen) atoms. The van der Waals surface area contributed by atoms with Crippen LogP contribution in [0.15, 0.2) is 88.3 Å². The van der Waals surface area contributed by atoms with E-state index in [9.17, 15) is 9.59 Å². The molecular formula is C24H19ClN2O3S. The number of thiazole rings is 1. The van der Waals surface area contributed by atoms with Gasteiger partial charge in [0.2, 0.25) is 0 Å². The molecule has 1 aliphatic heterocycles. The number of allylic oxidation sites excluding steroid dienone is 1. The van der Waals surface area contributed by atoms with Crippen LogP contribution in [0, 0.1) is 0 Å². The molecule has 0 N–H and O–H groups in total. The van der Waals surface area contributed by atoms with Gasteiger partial charge in [-0.05, 0) is 36.3 Å². The second-order valence-electron chi connectivity index (χ2n) is 6.93. The number of ether oxygens (including phenoxy) is 1. The Morgan fingerprint density at radius 2 is 2.03 bits per heavy atom. The van der Waals surface area contributed by atoms with Gasteiger partial charge in [-0.2, -0.15) is 0 Å². The number of benzene rings is 2. The largest absolute Gasteiger partial charge is 0.458 e. The lowest BCUT2D eigenvalue weighted by molar-refractivity contribution is -0.138. The fraction of sp³-hybridized carbons (Fsp3) is 0.125. The van der Waals surface area contributed by atoms with E-state index in [0.717, 1.165) is 11.1 Å². The molecule has 0 bridgehead atoms. The molecule has 1 aromatic heterocycles. The molecule has 0 saturated carbocycles. The number of carbonyl (C=O) groups is 1. The van der Waals surface area contributed by atoms with Crippen LogP contribution < -0.4 is 14.9 Å². The zero-order chi connectivity index (χ0) is 22.0. The van der Waals surface area contributed by atoms with Crippen molar-refractivity contribution in [2.75, 3.05) is 6.61 Å². The summed E-state index contributed by atoms with van der Waals surface area (Å²) in [5.74, 6) is -0.515. The fourth-order valence-corrected chi connectivity index (χ4v) is 4.74. The van der Waals surface area contributed by atoms with Crippen molar-refractivity contribution in [1.82, 2.24) is 4.57 Å². The molecular weight excluding hydrogens is 432 g/mol. The summed E-state index contributed by atoms with van der Waals surface area (Å²) in [6, 6.07) is 16.1. The third-order valence-electron chi connectivity index (χ3n) is 4.84. The van der Waals surface area contributed by atoms with Crippen LogP contribution in [-0.4, -0.2) is 17.1 Å². The smallest absolute Gasteiger partial charge is 0.338 e. The molecule has 4 rings (SSSR count). The maximum atomic E-state index is 13.4. The van der Waals surface area contributed by atoms with Gasteiger partial charge in [-0.15, -0.1) is 0 Å². The second kappa shape index (κ2) is 8.88. The fourth-order valence-electron chi connectivity index (χ4n) is 3.49. The molecule has 156 valence electrons. The average molecular weight is 451 g/mol. The van der Waals surface area contributed by atoms with Crippen LogP contribution in [0.25, 0.3) is 6.08 Å². The highest BCUT2D eigenvalue weighted by atomic mass is 35.5. The van der Waals surface area contributed by atoms with Crippen LogP contribution in [0.3, 0.4) is 0 Å². The van der Waals surface area contributed by atoms with E-state index < -0.39 is 12.0 Å². The summed E-state index contributed by atoms with van der Waals surface area (Å²) in [6.07, 6.45) is 3.29. The van der Waals surface area contributed by atoms with E-state index in [-0.39, 0.29) is 12.2 Å². The van der Waals surface area contributed by atoms with Crippen LogP contribution in [0.5, 0.6) is 0 Å². The Hall–Kier alpha value is -3.22. The predicted molar refractivity (Wildman–Crippen MR) is 123 cm³/mol. The number of carbonyl (C=O) groups excluding carboxylic acids is 1. The van der Waals surface area contributed by atoms with Crippen molar-refractivity contribution in [2.45, 2.75) is 13.0 Å². The molecule has 2 heterocycles. The Bertz CT molecular complexity index is 1370. The molecule has 1 atom stereocenters. The number of fused-ring (bicyclic) bond motifs is 1. The van der Waals surface area contributed by atoms with Gasteiger partial charge in [-0.25, -0.2) is 9.79 Å². The first kappa shape index (κ1) is 21.0. The molecule has 0 aliphatic carbocycles. The first-order valence-electron chi connectivity index (χ1n) is 9.60. The molecule has 1 aliphatic rings. The van der Waals surface area contributed by atoms with E-state index in [2.05, 4.69) is 11.6 Å². The maximum absolute atomic E-state index is 13.4. The average Bonchev–Trinajstić information content (AvgIpc) is 3.06. The van der Waals surface area contributed by atoms with Crippen molar-refractivity contribution in [3.05, 3.63) is 114 Å². The van der Waals surface area contributed by atoms with Crippen molar-refractivity contribution >= 4 is 35.0 Å². The third-order valence-corrected chi connectivity index (χ3v) is 6.05. The van der Waals surface area contributed by atoms with Gasteiger partial charge >= 0.3 is 5.97 Å². The van der Waals surface area contributed by atoms with Crippen LogP contribution in [0.2, 0.25) is 5.02 Å². The zero-order valence-corrected chi connectivity index (χ0v) is 18.3. The summed E-state index contributed by atoms with van der Waals surface area (Å²) in [4.78, 5) is 31.4. The maximum Gasteiger partial charge on any atom is 0.338 e. The summed E-state index contributed by atoms with van der Waals surface area (Å²) in [5, 5.41) is 0.590. The summed E-state index contributed by atoms with van der Waals surface area (Å²) in [7, 11) is 0. The number of hydrogen-bond donors (Lipinski definition) is 0. The van der Waals surface area contributed by atoms with Gasteiger partial charge in [0.25, 0.3) is 5.56 Å². The lowest BCUT2D eigenvalue weighted by Gasteiger charge is -2.24. The molecule has 5 nitrogen and oxygen atoms in total. The molecule has 7 heteroatoms. The standard InChI is InChI=1S/C24H19ClN2O3S/c1-3-12-30-23(29)20-15(2)26-24-27(21(20)17-9-5-4-6-10-17)22(28)19(31-24)14-16-8-7-11-18(25)13-16/h3-11,13-14,21H,1,12H2,2H3/b19-14+/t21-/m0/s1. The zero-order valence-electron chi connectivity index (χ0n) is 16.7. The highest BCUT2D eigenvalue weighted by Crippen LogP contribution is 2.30.